The smallest absolute Gasteiger partial charge is 0.422 e. The molecule has 0 fully saturated rings. The molecule has 1 aliphatic rings. The molecule has 0 spiro atoms. The standard InChI is InChI=1S/C16H14F6N2O6S/c1-28-12-4-3-9(5-13(12)29-2)10-6-11(14(25)30-8-16(20,21)22)24(7-15(17,18)19)31(26,27)23-10/h3-6H,7-8H2,1-2H3. The number of rotatable bonds is 6. The minimum atomic E-state index is -5.16. The highest BCUT2D eigenvalue weighted by atomic mass is 32.2. The lowest BCUT2D eigenvalue weighted by Crippen LogP contribution is -2.42. The van der Waals surface area contributed by atoms with E-state index in [1.165, 1.54) is 32.4 Å². The van der Waals surface area contributed by atoms with Gasteiger partial charge in [0.15, 0.2) is 18.1 Å². The first-order valence-electron chi connectivity index (χ1n) is 8.04. The number of esters is 1. The molecule has 0 aromatic heterocycles. The zero-order valence-corrected chi connectivity index (χ0v) is 16.6. The first-order valence-corrected chi connectivity index (χ1v) is 9.44. The molecule has 0 saturated heterocycles. The molecular formula is C16H14F6N2O6S. The van der Waals surface area contributed by atoms with E-state index in [2.05, 4.69) is 9.13 Å². The van der Waals surface area contributed by atoms with Gasteiger partial charge in [0.25, 0.3) is 0 Å². The molecular weight excluding hydrogens is 462 g/mol. The first-order chi connectivity index (χ1) is 14.2. The normalized spacial score (nSPS) is 16.3. The maximum Gasteiger partial charge on any atom is 0.422 e. The van der Waals surface area contributed by atoms with Crippen LogP contribution in [0.2, 0.25) is 0 Å². The Hall–Kier alpha value is -2.97. The van der Waals surface area contributed by atoms with Gasteiger partial charge in [-0.3, -0.25) is 0 Å². The first kappa shape index (κ1) is 24.3. The van der Waals surface area contributed by atoms with Gasteiger partial charge in [0, 0.05) is 5.56 Å². The van der Waals surface area contributed by atoms with Gasteiger partial charge in [-0.1, -0.05) is 0 Å². The highest BCUT2D eigenvalue weighted by molar-refractivity contribution is 7.88. The van der Waals surface area contributed by atoms with Crippen LogP contribution in [0.15, 0.2) is 34.4 Å². The summed E-state index contributed by atoms with van der Waals surface area (Å²) in [4.78, 5) is 12.1. The Balaban J connectivity index is 2.56. The van der Waals surface area contributed by atoms with E-state index < -0.39 is 57.4 Å². The Morgan fingerprint density at radius 3 is 2.16 bits per heavy atom. The summed E-state index contributed by atoms with van der Waals surface area (Å²) in [6, 6.07) is 3.78. The van der Waals surface area contributed by atoms with Gasteiger partial charge in [-0.25, -0.2) is 9.10 Å². The van der Waals surface area contributed by atoms with Crippen molar-refractivity contribution in [3.05, 3.63) is 35.5 Å². The zero-order chi connectivity index (χ0) is 23.6. The fourth-order valence-corrected chi connectivity index (χ4v) is 3.56. The molecule has 1 heterocycles. The van der Waals surface area contributed by atoms with Crippen LogP contribution < -0.4 is 9.47 Å². The number of nitrogens with zero attached hydrogens (tertiary/aromatic N) is 2. The van der Waals surface area contributed by atoms with Crippen LogP contribution in [0.3, 0.4) is 0 Å². The summed E-state index contributed by atoms with van der Waals surface area (Å²) in [7, 11) is -2.60. The predicted octanol–water partition coefficient (Wildman–Crippen LogP) is 2.61. The van der Waals surface area contributed by atoms with Crippen molar-refractivity contribution in [1.29, 1.82) is 0 Å². The largest absolute Gasteiger partial charge is 0.493 e. The lowest BCUT2D eigenvalue weighted by atomic mass is 10.1. The molecule has 0 unspecified atom stereocenters. The third-order valence-electron chi connectivity index (χ3n) is 3.61. The molecule has 1 aliphatic heterocycles. The summed E-state index contributed by atoms with van der Waals surface area (Å²) in [5.74, 6) is -1.62. The molecule has 0 saturated carbocycles. The monoisotopic (exact) mass is 476 g/mol. The van der Waals surface area contributed by atoms with Gasteiger partial charge < -0.3 is 14.2 Å². The summed E-state index contributed by atoms with van der Waals surface area (Å²) in [6.07, 6.45) is -9.54. The quantitative estimate of drug-likeness (QED) is 0.463. The van der Waals surface area contributed by atoms with Crippen molar-refractivity contribution in [2.45, 2.75) is 12.4 Å². The fraction of sp³-hybridized carbons (Fsp3) is 0.375. The van der Waals surface area contributed by atoms with E-state index in [-0.39, 0.29) is 17.1 Å². The van der Waals surface area contributed by atoms with Gasteiger partial charge in [-0.05, 0) is 24.3 Å². The van der Waals surface area contributed by atoms with Crippen LogP contribution in [0.4, 0.5) is 26.3 Å². The number of carbonyl (C=O) groups excluding carboxylic acids is 1. The number of methoxy groups -OCH3 is 2. The topological polar surface area (TPSA) is 94.5 Å². The van der Waals surface area contributed by atoms with Gasteiger partial charge in [0.1, 0.15) is 12.2 Å². The number of carbonyl (C=O) groups is 1. The number of halogens is 6. The maximum atomic E-state index is 12.9. The molecule has 8 nitrogen and oxygen atoms in total. The van der Waals surface area contributed by atoms with Crippen molar-refractivity contribution < 1.29 is 53.8 Å². The molecule has 172 valence electrons. The van der Waals surface area contributed by atoms with Gasteiger partial charge >= 0.3 is 28.5 Å². The van der Waals surface area contributed by atoms with Crippen LogP contribution in [0.25, 0.3) is 0 Å². The van der Waals surface area contributed by atoms with Gasteiger partial charge in [0.2, 0.25) is 0 Å². The van der Waals surface area contributed by atoms with E-state index in [0.717, 1.165) is 0 Å². The van der Waals surface area contributed by atoms with Crippen molar-refractivity contribution >= 4 is 21.9 Å². The Kier molecular flexibility index (Phi) is 6.78. The van der Waals surface area contributed by atoms with E-state index >= 15 is 0 Å². The summed E-state index contributed by atoms with van der Waals surface area (Å²) in [5.41, 5.74) is -1.85. The Bertz CT molecular complexity index is 1020. The van der Waals surface area contributed by atoms with Crippen LogP contribution >= 0.6 is 0 Å². The molecule has 1 aromatic carbocycles. The molecule has 0 radical (unpaired) electrons. The summed E-state index contributed by atoms with van der Waals surface area (Å²) in [6.45, 7) is -4.34. The number of alkyl halides is 6. The average Bonchev–Trinajstić information content (AvgIpc) is 2.65. The van der Waals surface area contributed by atoms with E-state index in [1.54, 1.807) is 0 Å². The molecule has 0 amide bonds. The van der Waals surface area contributed by atoms with Crippen molar-refractivity contribution in [2.24, 2.45) is 4.40 Å². The van der Waals surface area contributed by atoms with Crippen LogP contribution in [0.1, 0.15) is 5.56 Å². The average molecular weight is 476 g/mol. The van der Waals surface area contributed by atoms with Crippen molar-refractivity contribution in [3.8, 4) is 11.5 Å². The summed E-state index contributed by atoms with van der Waals surface area (Å²) < 4.78 is 117. The lowest BCUT2D eigenvalue weighted by Gasteiger charge is -2.27. The molecule has 0 aliphatic carbocycles. The van der Waals surface area contributed by atoms with Crippen molar-refractivity contribution in [1.82, 2.24) is 4.31 Å². The third kappa shape index (κ3) is 6.26. The Morgan fingerprint density at radius 2 is 1.65 bits per heavy atom. The molecule has 0 N–H and O–H groups in total. The molecule has 0 atom stereocenters. The number of ether oxygens (including phenoxy) is 3. The molecule has 0 bridgehead atoms. The number of hydrogen-bond acceptors (Lipinski definition) is 6. The lowest BCUT2D eigenvalue weighted by molar-refractivity contribution is -0.184. The highest BCUT2D eigenvalue weighted by Gasteiger charge is 2.43. The molecule has 31 heavy (non-hydrogen) atoms. The van der Waals surface area contributed by atoms with Crippen molar-refractivity contribution in [3.63, 3.8) is 0 Å². The molecule has 2 rings (SSSR count). The van der Waals surface area contributed by atoms with Crippen LogP contribution in [0, 0.1) is 0 Å². The van der Waals surface area contributed by atoms with Crippen LogP contribution in [-0.4, -0.2) is 64.1 Å². The highest BCUT2D eigenvalue weighted by Crippen LogP contribution is 2.31. The second-order valence-electron chi connectivity index (χ2n) is 5.87. The molecule has 15 heteroatoms. The summed E-state index contributed by atoms with van der Waals surface area (Å²) in [5, 5.41) is 0. The van der Waals surface area contributed by atoms with Gasteiger partial charge in [-0.2, -0.15) is 34.8 Å². The van der Waals surface area contributed by atoms with Crippen LogP contribution in [-0.2, 0) is 19.7 Å². The number of benzene rings is 1. The SMILES string of the molecule is COc1ccc(C2=NS(=O)(=O)N(CC(F)(F)F)C(C(=O)OCC(F)(F)F)=C2)cc1OC. The van der Waals surface area contributed by atoms with Crippen molar-refractivity contribution in [2.75, 3.05) is 27.4 Å². The minimum Gasteiger partial charge on any atom is -0.493 e. The maximum absolute atomic E-state index is 12.9. The minimum absolute atomic E-state index is 0.0333. The summed E-state index contributed by atoms with van der Waals surface area (Å²) >= 11 is 0. The van der Waals surface area contributed by atoms with Crippen LogP contribution in [0.5, 0.6) is 11.5 Å². The third-order valence-corrected chi connectivity index (χ3v) is 4.92. The van der Waals surface area contributed by atoms with E-state index in [9.17, 15) is 39.6 Å². The Labute approximate surface area is 171 Å². The van der Waals surface area contributed by atoms with Gasteiger partial charge in [-0.15, -0.1) is 4.40 Å². The zero-order valence-electron chi connectivity index (χ0n) is 15.7. The fourth-order valence-electron chi connectivity index (χ4n) is 2.37. The predicted molar refractivity (Wildman–Crippen MR) is 92.9 cm³/mol. The second-order valence-corrected chi connectivity index (χ2v) is 7.39. The van der Waals surface area contributed by atoms with E-state index in [1.807, 2.05) is 0 Å². The second kappa shape index (κ2) is 8.64. The number of allylic oxidation sites excluding steroid dienone is 1. The van der Waals surface area contributed by atoms with Gasteiger partial charge in [0.05, 0.1) is 19.9 Å². The van der Waals surface area contributed by atoms with E-state index in [4.69, 9.17) is 9.47 Å². The Morgan fingerprint density at radius 1 is 1.03 bits per heavy atom. The molecule has 1 aromatic rings. The van der Waals surface area contributed by atoms with E-state index in [0.29, 0.717) is 6.08 Å². The number of hydrogen-bond donors (Lipinski definition) is 0.